The van der Waals surface area contributed by atoms with Gasteiger partial charge in [-0.05, 0) is 0 Å². The molecule has 14 heavy (non-hydrogen) atoms. The highest BCUT2D eigenvalue weighted by molar-refractivity contribution is 7.14. The summed E-state index contributed by atoms with van der Waals surface area (Å²) in [5, 5.41) is 3.19. The first kappa shape index (κ1) is 10.0. The molecule has 0 fully saturated rings. The summed E-state index contributed by atoms with van der Waals surface area (Å²) in [5.41, 5.74) is 0.615. The molecule has 0 atom stereocenters. The Balaban J connectivity index is 2.33. The van der Waals surface area contributed by atoms with Crippen molar-refractivity contribution in [3.8, 4) is 0 Å². The van der Waals surface area contributed by atoms with E-state index in [0.717, 1.165) is 0 Å². The molecule has 0 aliphatic carbocycles. The van der Waals surface area contributed by atoms with Gasteiger partial charge >= 0.3 is 0 Å². The SMILES string of the molecule is O=C(c1csc(Cl)n1)c1csc(Cl)n1. The van der Waals surface area contributed by atoms with Crippen LogP contribution in [0.3, 0.4) is 0 Å². The molecule has 0 aliphatic rings. The number of hydrogen-bond acceptors (Lipinski definition) is 5. The lowest BCUT2D eigenvalue weighted by Crippen LogP contribution is -2.01. The number of carbonyl (C=O) groups excluding carboxylic acids is 1. The molecule has 0 aliphatic heterocycles. The highest BCUT2D eigenvalue weighted by Crippen LogP contribution is 2.20. The summed E-state index contributed by atoms with van der Waals surface area (Å²) < 4.78 is 0.685. The van der Waals surface area contributed by atoms with Crippen molar-refractivity contribution in [1.29, 1.82) is 0 Å². The van der Waals surface area contributed by atoms with Crippen molar-refractivity contribution in [3.05, 3.63) is 31.1 Å². The molecule has 2 heterocycles. The van der Waals surface area contributed by atoms with Crippen LogP contribution in [0.15, 0.2) is 10.8 Å². The molecular formula is C7H2Cl2N2OS2. The molecule has 0 saturated heterocycles. The van der Waals surface area contributed by atoms with Crippen LogP contribution in [0, 0.1) is 0 Å². The minimum Gasteiger partial charge on any atom is -0.285 e. The second-order valence-corrected chi connectivity index (χ2v) is 5.18. The van der Waals surface area contributed by atoms with E-state index in [4.69, 9.17) is 23.2 Å². The lowest BCUT2D eigenvalue weighted by molar-refractivity contribution is 0.103. The summed E-state index contributed by atoms with van der Waals surface area (Å²) in [7, 11) is 0. The van der Waals surface area contributed by atoms with Crippen LogP contribution in [-0.4, -0.2) is 15.8 Å². The van der Waals surface area contributed by atoms with Gasteiger partial charge < -0.3 is 0 Å². The van der Waals surface area contributed by atoms with Gasteiger partial charge in [0.25, 0.3) is 0 Å². The van der Waals surface area contributed by atoms with Gasteiger partial charge in [-0.2, -0.15) is 0 Å². The summed E-state index contributed by atoms with van der Waals surface area (Å²) >= 11 is 13.6. The number of hydrogen-bond donors (Lipinski definition) is 0. The molecule has 2 aromatic heterocycles. The minimum atomic E-state index is -0.253. The first-order valence-electron chi connectivity index (χ1n) is 3.43. The van der Waals surface area contributed by atoms with Gasteiger partial charge in [-0.3, -0.25) is 4.79 Å². The molecule has 3 nitrogen and oxygen atoms in total. The van der Waals surface area contributed by atoms with E-state index < -0.39 is 0 Å². The molecule has 0 N–H and O–H groups in total. The first-order chi connectivity index (χ1) is 6.66. The molecule has 2 aromatic rings. The summed E-state index contributed by atoms with van der Waals surface area (Å²) in [5.74, 6) is -0.253. The van der Waals surface area contributed by atoms with E-state index in [9.17, 15) is 4.79 Å². The molecule has 0 amide bonds. The molecule has 2 rings (SSSR count). The molecule has 0 unspecified atom stereocenters. The number of aromatic nitrogens is 2. The van der Waals surface area contributed by atoms with E-state index in [-0.39, 0.29) is 5.78 Å². The number of ketones is 1. The number of thiazole rings is 2. The van der Waals surface area contributed by atoms with Crippen LogP contribution in [0.4, 0.5) is 0 Å². The maximum atomic E-state index is 11.6. The van der Waals surface area contributed by atoms with Gasteiger partial charge in [-0.15, -0.1) is 22.7 Å². The predicted octanol–water partition coefficient (Wildman–Crippen LogP) is 3.14. The van der Waals surface area contributed by atoms with E-state index in [1.54, 1.807) is 10.8 Å². The zero-order chi connectivity index (χ0) is 10.1. The van der Waals surface area contributed by atoms with Crippen molar-refractivity contribution >= 4 is 51.7 Å². The Morgan fingerprint density at radius 3 is 1.79 bits per heavy atom. The highest BCUT2D eigenvalue weighted by atomic mass is 35.5. The molecule has 0 bridgehead atoms. The summed E-state index contributed by atoms with van der Waals surface area (Å²) in [4.78, 5) is 19.3. The molecule has 7 heteroatoms. The number of carbonyl (C=O) groups is 1. The van der Waals surface area contributed by atoms with Crippen molar-refractivity contribution in [2.45, 2.75) is 0 Å². The lowest BCUT2D eigenvalue weighted by Gasteiger charge is -1.88. The molecular weight excluding hydrogens is 263 g/mol. The molecule has 0 aromatic carbocycles. The van der Waals surface area contributed by atoms with E-state index in [0.29, 0.717) is 20.3 Å². The summed E-state index contributed by atoms with van der Waals surface area (Å²) in [6, 6.07) is 0. The van der Waals surface area contributed by atoms with Crippen LogP contribution in [0.1, 0.15) is 16.2 Å². The average Bonchev–Trinajstić information content (AvgIpc) is 2.73. The van der Waals surface area contributed by atoms with E-state index in [1.807, 2.05) is 0 Å². The third-order valence-corrected chi connectivity index (χ3v) is 3.37. The zero-order valence-corrected chi connectivity index (χ0v) is 9.67. The topological polar surface area (TPSA) is 42.9 Å². The van der Waals surface area contributed by atoms with E-state index in [1.165, 1.54) is 22.7 Å². The van der Waals surface area contributed by atoms with Crippen LogP contribution in [0.2, 0.25) is 8.93 Å². The largest absolute Gasteiger partial charge is 0.285 e. The van der Waals surface area contributed by atoms with Crippen molar-refractivity contribution in [2.24, 2.45) is 0 Å². The quantitative estimate of drug-likeness (QED) is 0.783. The Bertz CT molecular complexity index is 437. The van der Waals surface area contributed by atoms with E-state index >= 15 is 0 Å². The monoisotopic (exact) mass is 264 g/mol. The summed E-state index contributed by atoms with van der Waals surface area (Å²) in [6.07, 6.45) is 0. The Morgan fingerprint density at radius 2 is 1.50 bits per heavy atom. The van der Waals surface area contributed by atoms with E-state index in [2.05, 4.69) is 9.97 Å². The molecule has 0 spiro atoms. The smallest absolute Gasteiger partial charge is 0.231 e. The zero-order valence-electron chi connectivity index (χ0n) is 6.53. The Hall–Kier alpha value is -0.490. The normalized spacial score (nSPS) is 10.4. The van der Waals surface area contributed by atoms with Gasteiger partial charge in [0.2, 0.25) is 5.78 Å². The van der Waals surface area contributed by atoms with Gasteiger partial charge in [-0.1, -0.05) is 23.2 Å². The van der Waals surface area contributed by atoms with Gasteiger partial charge in [0.1, 0.15) is 11.4 Å². The third-order valence-electron chi connectivity index (χ3n) is 1.42. The predicted molar refractivity (Wildman–Crippen MR) is 57.7 cm³/mol. The Labute approximate surface area is 97.3 Å². The van der Waals surface area contributed by atoms with Crippen molar-refractivity contribution in [1.82, 2.24) is 9.97 Å². The summed E-state index contributed by atoms with van der Waals surface area (Å²) in [6.45, 7) is 0. The molecule has 0 saturated carbocycles. The minimum absolute atomic E-state index is 0.253. The standard InChI is InChI=1S/C7H2Cl2N2OS2/c8-6-10-3(1-13-6)5(12)4-2-14-7(9)11-4/h1-2H. The first-order valence-corrected chi connectivity index (χ1v) is 5.95. The molecule has 72 valence electrons. The fourth-order valence-electron chi connectivity index (χ4n) is 0.843. The van der Waals surface area contributed by atoms with Crippen LogP contribution >= 0.6 is 45.9 Å². The second-order valence-electron chi connectivity index (χ2n) is 2.30. The van der Waals surface area contributed by atoms with Crippen LogP contribution in [0.25, 0.3) is 0 Å². The third kappa shape index (κ3) is 1.95. The van der Waals surface area contributed by atoms with Gasteiger partial charge in [0.05, 0.1) is 0 Å². The maximum absolute atomic E-state index is 11.6. The van der Waals surface area contributed by atoms with Crippen LogP contribution < -0.4 is 0 Å². The fourth-order valence-corrected chi connectivity index (χ4v) is 2.33. The van der Waals surface area contributed by atoms with Crippen molar-refractivity contribution < 1.29 is 4.79 Å². The van der Waals surface area contributed by atoms with Crippen molar-refractivity contribution in [3.63, 3.8) is 0 Å². The van der Waals surface area contributed by atoms with Gasteiger partial charge in [-0.25, -0.2) is 9.97 Å². The second kappa shape index (κ2) is 3.94. The maximum Gasteiger partial charge on any atom is 0.231 e. The number of nitrogens with zero attached hydrogens (tertiary/aromatic N) is 2. The van der Waals surface area contributed by atoms with Gasteiger partial charge in [0, 0.05) is 10.8 Å². The lowest BCUT2D eigenvalue weighted by atomic mass is 10.2. The number of halogens is 2. The average molecular weight is 265 g/mol. The van der Waals surface area contributed by atoms with Crippen LogP contribution in [0.5, 0.6) is 0 Å². The van der Waals surface area contributed by atoms with Crippen LogP contribution in [-0.2, 0) is 0 Å². The number of rotatable bonds is 2. The molecule has 0 radical (unpaired) electrons. The van der Waals surface area contributed by atoms with Gasteiger partial charge in [0.15, 0.2) is 8.93 Å². The fraction of sp³-hybridized carbons (Fsp3) is 0. The van der Waals surface area contributed by atoms with Crippen molar-refractivity contribution in [2.75, 3.05) is 0 Å². The Kier molecular flexibility index (Phi) is 2.83. The Morgan fingerprint density at radius 1 is 1.07 bits per heavy atom. The highest BCUT2D eigenvalue weighted by Gasteiger charge is 2.15.